The van der Waals surface area contributed by atoms with Gasteiger partial charge in [0.15, 0.2) is 0 Å². The molecule has 2 heterocycles. The molecule has 3 rings (SSSR count). The number of hydrogen-bond acceptors (Lipinski definition) is 5. The Morgan fingerprint density at radius 2 is 2.27 bits per heavy atom. The maximum atomic E-state index is 10.7. The molecule has 1 aromatic heterocycles. The van der Waals surface area contributed by atoms with Crippen molar-refractivity contribution in [1.29, 1.82) is 0 Å². The second kappa shape index (κ2) is 6.43. The van der Waals surface area contributed by atoms with Gasteiger partial charge in [-0.2, -0.15) is 5.10 Å². The molecule has 8 heteroatoms. The molecule has 1 atom stereocenters. The Morgan fingerprint density at radius 1 is 1.45 bits per heavy atom. The zero-order valence-corrected chi connectivity index (χ0v) is 12.5. The highest BCUT2D eigenvalue weighted by Crippen LogP contribution is 2.28. The van der Waals surface area contributed by atoms with Gasteiger partial charge in [0.2, 0.25) is 0 Å². The Labute approximate surface area is 132 Å². The highest BCUT2D eigenvalue weighted by atomic mass is 35.5. The van der Waals surface area contributed by atoms with Crippen molar-refractivity contribution in [3.8, 4) is 0 Å². The Bertz CT molecular complexity index is 676. The van der Waals surface area contributed by atoms with E-state index in [-0.39, 0.29) is 11.8 Å². The maximum Gasteiger partial charge on any atom is 0.307 e. The van der Waals surface area contributed by atoms with Crippen molar-refractivity contribution in [2.75, 3.05) is 19.7 Å². The summed E-state index contributed by atoms with van der Waals surface area (Å²) in [7, 11) is 0. The highest BCUT2D eigenvalue weighted by Gasteiger charge is 2.24. The van der Waals surface area contributed by atoms with Gasteiger partial charge in [-0.3, -0.25) is 19.7 Å². The van der Waals surface area contributed by atoms with Crippen molar-refractivity contribution in [1.82, 2.24) is 14.7 Å². The summed E-state index contributed by atoms with van der Waals surface area (Å²) in [6.45, 7) is 2.48. The molecule has 1 aliphatic rings. The zero-order valence-electron chi connectivity index (χ0n) is 11.8. The van der Waals surface area contributed by atoms with E-state index in [1.807, 2.05) is 24.3 Å². The smallest absolute Gasteiger partial charge is 0.307 e. The SMILES string of the molecule is O=[N+]([O-])c1cnn(CN2CCO[C@@H](c3ccccc3Cl)C2)c1. The minimum atomic E-state index is -0.449. The third kappa shape index (κ3) is 3.27. The Hall–Kier alpha value is -1.96. The summed E-state index contributed by atoms with van der Waals surface area (Å²) in [5, 5.41) is 15.4. The molecule has 1 aromatic carbocycles. The predicted octanol–water partition coefficient (Wildman–Crippen LogP) is 2.48. The molecule has 1 fully saturated rings. The van der Waals surface area contributed by atoms with Gasteiger partial charge in [-0.05, 0) is 6.07 Å². The number of nitro groups is 1. The first-order valence-corrected chi connectivity index (χ1v) is 7.26. The number of rotatable bonds is 4. The summed E-state index contributed by atoms with van der Waals surface area (Å²) in [5.74, 6) is 0. The molecule has 0 saturated carbocycles. The normalized spacial score (nSPS) is 19.2. The van der Waals surface area contributed by atoms with E-state index in [1.165, 1.54) is 12.4 Å². The summed E-state index contributed by atoms with van der Waals surface area (Å²) in [4.78, 5) is 12.4. The van der Waals surface area contributed by atoms with Gasteiger partial charge in [0.05, 0.1) is 24.3 Å². The van der Waals surface area contributed by atoms with Crippen LogP contribution in [0, 0.1) is 10.1 Å². The third-order valence-corrected chi connectivity index (χ3v) is 3.92. The second-order valence-corrected chi connectivity index (χ2v) is 5.50. The number of halogens is 1. The lowest BCUT2D eigenvalue weighted by molar-refractivity contribution is -0.385. The first kappa shape index (κ1) is 15.0. The van der Waals surface area contributed by atoms with Crippen LogP contribution in [0.4, 0.5) is 5.69 Å². The van der Waals surface area contributed by atoms with Gasteiger partial charge in [-0.15, -0.1) is 0 Å². The molecule has 0 amide bonds. The molecule has 1 saturated heterocycles. The molecule has 2 aromatic rings. The minimum Gasteiger partial charge on any atom is -0.371 e. The van der Waals surface area contributed by atoms with E-state index in [9.17, 15) is 10.1 Å². The van der Waals surface area contributed by atoms with Gasteiger partial charge < -0.3 is 4.74 Å². The third-order valence-electron chi connectivity index (χ3n) is 3.58. The fourth-order valence-corrected chi connectivity index (χ4v) is 2.74. The number of aromatic nitrogens is 2. The van der Waals surface area contributed by atoms with Crippen molar-refractivity contribution < 1.29 is 9.66 Å². The maximum absolute atomic E-state index is 10.7. The van der Waals surface area contributed by atoms with Gasteiger partial charge >= 0.3 is 5.69 Å². The topological polar surface area (TPSA) is 73.4 Å². The lowest BCUT2D eigenvalue weighted by atomic mass is 10.1. The molecule has 0 unspecified atom stereocenters. The zero-order chi connectivity index (χ0) is 15.5. The molecule has 0 spiro atoms. The summed E-state index contributed by atoms with van der Waals surface area (Å²) in [5.41, 5.74) is 0.955. The van der Waals surface area contributed by atoms with Crippen LogP contribution in [0.15, 0.2) is 36.7 Å². The molecule has 116 valence electrons. The number of nitrogens with zero attached hydrogens (tertiary/aromatic N) is 4. The largest absolute Gasteiger partial charge is 0.371 e. The molecule has 0 aliphatic carbocycles. The van der Waals surface area contributed by atoms with E-state index in [1.54, 1.807) is 4.68 Å². The van der Waals surface area contributed by atoms with E-state index >= 15 is 0 Å². The van der Waals surface area contributed by atoms with Gasteiger partial charge in [0, 0.05) is 23.7 Å². The van der Waals surface area contributed by atoms with E-state index < -0.39 is 4.92 Å². The minimum absolute atomic E-state index is 0.00378. The number of benzene rings is 1. The van der Waals surface area contributed by atoms with Crippen LogP contribution < -0.4 is 0 Å². The van der Waals surface area contributed by atoms with E-state index in [0.29, 0.717) is 24.8 Å². The van der Waals surface area contributed by atoms with Gasteiger partial charge in [0.1, 0.15) is 12.4 Å². The van der Waals surface area contributed by atoms with Crippen LogP contribution >= 0.6 is 11.6 Å². The standard InChI is InChI=1S/C14H15ClN4O3/c15-13-4-2-1-3-12(13)14-9-17(5-6-22-14)10-18-8-11(7-16-18)19(20)21/h1-4,7-8,14H,5-6,9-10H2/t14-/m1/s1. The summed E-state index contributed by atoms with van der Waals surface area (Å²) in [6, 6.07) is 7.61. The van der Waals surface area contributed by atoms with Gasteiger partial charge in [-0.25, -0.2) is 0 Å². The molecule has 7 nitrogen and oxygen atoms in total. The van der Waals surface area contributed by atoms with Gasteiger partial charge in [0.25, 0.3) is 0 Å². The van der Waals surface area contributed by atoms with E-state index in [4.69, 9.17) is 16.3 Å². The lowest BCUT2D eigenvalue weighted by Crippen LogP contribution is -2.39. The summed E-state index contributed by atoms with van der Waals surface area (Å²) in [6.07, 6.45) is 2.58. The monoisotopic (exact) mass is 322 g/mol. The van der Waals surface area contributed by atoms with Crippen molar-refractivity contribution in [2.45, 2.75) is 12.8 Å². The predicted molar refractivity (Wildman–Crippen MR) is 80.6 cm³/mol. The fraction of sp³-hybridized carbons (Fsp3) is 0.357. The Kier molecular flexibility index (Phi) is 4.37. The molecular formula is C14H15ClN4O3. The molecule has 0 radical (unpaired) electrons. The van der Waals surface area contributed by atoms with Crippen LogP contribution in [-0.4, -0.2) is 39.3 Å². The van der Waals surface area contributed by atoms with Crippen molar-refractivity contribution in [3.05, 3.63) is 57.4 Å². The number of ether oxygens (including phenoxy) is 1. The average molecular weight is 323 g/mol. The highest BCUT2D eigenvalue weighted by molar-refractivity contribution is 6.31. The number of hydrogen-bond donors (Lipinski definition) is 0. The molecule has 22 heavy (non-hydrogen) atoms. The summed E-state index contributed by atoms with van der Waals surface area (Å²) < 4.78 is 7.35. The quantitative estimate of drug-likeness (QED) is 0.638. The van der Waals surface area contributed by atoms with Crippen molar-refractivity contribution >= 4 is 17.3 Å². The van der Waals surface area contributed by atoms with Crippen LogP contribution in [0.2, 0.25) is 5.02 Å². The fourth-order valence-electron chi connectivity index (χ4n) is 2.48. The van der Waals surface area contributed by atoms with Crippen LogP contribution in [0.3, 0.4) is 0 Å². The first-order chi connectivity index (χ1) is 10.6. The van der Waals surface area contributed by atoms with Crippen LogP contribution in [-0.2, 0) is 11.4 Å². The molecule has 0 bridgehead atoms. The Balaban J connectivity index is 1.68. The molecule has 0 N–H and O–H groups in total. The van der Waals surface area contributed by atoms with E-state index in [2.05, 4.69) is 10.00 Å². The molecular weight excluding hydrogens is 308 g/mol. The lowest BCUT2D eigenvalue weighted by Gasteiger charge is -2.33. The van der Waals surface area contributed by atoms with E-state index in [0.717, 1.165) is 12.1 Å². The summed E-state index contributed by atoms with van der Waals surface area (Å²) >= 11 is 6.21. The second-order valence-electron chi connectivity index (χ2n) is 5.09. The number of morpholine rings is 1. The van der Waals surface area contributed by atoms with Crippen LogP contribution in [0.1, 0.15) is 11.7 Å². The molecule has 1 aliphatic heterocycles. The van der Waals surface area contributed by atoms with Crippen LogP contribution in [0.25, 0.3) is 0 Å². The van der Waals surface area contributed by atoms with Crippen molar-refractivity contribution in [3.63, 3.8) is 0 Å². The van der Waals surface area contributed by atoms with Crippen molar-refractivity contribution in [2.24, 2.45) is 0 Å². The average Bonchev–Trinajstić information content (AvgIpc) is 2.97. The van der Waals surface area contributed by atoms with Gasteiger partial charge in [-0.1, -0.05) is 29.8 Å². The Morgan fingerprint density at radius 3 is 3.00 bits per heavy atom. The van der Waals surface area contributed by atoms with Crippen LogP contribution in [0.5, 0.6) is 0 Å². The first-order valence-electron chi connectivity index (χ1n) is 6.89.